The monoisotopic (exact) mass is 233 g/mol. The number of ketones is 1. The standard InChI is InChI=1S/C15H23NO/c1-4-5-11-14(15(17)12-16(2)3)13-9-7-6-8-10-13/h6-10,14H,4-5,11-12H2,1-3H3. The van der Waals surface area contributed by atoms with E-state index in [0.717, 1.165) is 24.8 Å². The lowest BCUT2D eigenvalue weighted by molar-refractivity contribution is -0.121. The summed E-state index contributed by atoms with van der Waals surface area (Å²) in [7, 11) is 3.89. The second-order valence-corrected chi connectivity index (χ2v) is 4.81. The minimum atomic E-state index is 0.0681. The van der Waals surface area contributed by atoms with E-state index in [4.69, 9.17) is 0 Å². The zero-order valence-electron chi connectivity index (χ0n) is 11.1. The summed E-state index contributed by atoms with van der Waals surface area (Å²) in [6, 6.07) is 10.1. The molecule has 0 radical (unpaired) electrons. The maximum atomic E-state index is 12.2. The molecular formula is C15H23NO. The summed E-state index contributed by atoms with van der Waals surface area (Å²) in [5, 5.41) is 0. The minimum Gasteiger partial charge on any atom is -0.302 e. The highest BCUT2D eigenvalue weighted by molar-refractivity contribution is 5.87. The maximum Gasteiger partial charge on any atom is 0.154 e. The number of hydrogen-bond donors (Lipinski definition) is 0. The number of rotatable bonds is 7. The summed E-state index contributed by atoms with van der Waals surface area (Å²) in [6.07, 6.45) is 3.21. The highest BCUT2D eigenvalue weighted by Crippen LogP contribution is 2.23. The Hall–Kier alpha value is -1.15. The molecule has 1 unspecified atom stereocenters. The van der Waals surface area contributed by atoms with Crippen molar-refractivity contribution >= 4 is 5.78 Å². The third-order valence-corrected chi connectivity index (χ3v) is 2.91. The molecule has 0 spiro atoms. The van der Waals surface area contributed by atoms with Gasteiger partial charge in [0.2, 0.25) is 0 Å². The normalized spacial score (nSPS) is 12.7. The summed E-state index contributed by atoms with van der Waals surface area (Å²) in [5.74, 6) is 0.396. The zero-order valence-corrected chi connectivity index (χ0v) is 11.1. The first-order valence-electron chi connectivity index (χ1n) is 6.37. The van der Waals surface area contributed by atoms with Crippen LogP contribution in [0.4, 0.5) is 0 Å². The van der Waals surface area contributed by atoms with E-state index in [2.05, 4.69) is 19.1 Å². The Labute approximate surface area is 105 Å². The molecule has 17 heavy (non-hydrogen) atoms. The van der Waals surface area contributed by atoms with Gasteiger partial charge in [0.25, 0.3) is 0 Å². The van der Waals surface area contributed by atoms with Gasteiger partial charge in [0.15, 0.2) is 5.78 Å². The molecule has 0 bridgehead atoms. The van der Waals surface area contributed by atoms with E-state index < -0.39 is 0 Å². The fourth-order valence-electron chi connectivity index (χ4n) is 2.03. The fourth-order valence-corrected chi connectivity index (χ4v) is 2.03. The molecule has 0 amide bonds. The van der Waals surface area contributed by atoms with Crippen molar-refractivity contribution in [2.24, 2.45) is 0 Å². The van der Waals surface area contributed by atoms with Crippen LogP contribution in [0.1, 0.15) is 37.7 Å². The highest BCUT2D eigenvalue weighted by atomic mass is 16.1. The lowest BCUT2D eigenvalue weighted by atomic mass is 9.89. The molecule has 2 nitrogen and oxygen atoms in total. The van der Waals surface area contributed by atoms with Crippen LogP contribution in [0.25, 0.3) is 0 Å². The van der Waals surface area contributed by atoms with Gasteiger partial charge in [-0.05, 0) is 26.1 Å². The maximum absolute atomic E-state index is 12.2. The largest absolute Gasteiger partial charge is 0.302 e. The van der Waals surface area contributed by atoms with Crippen LogP contribution in [0, 0.1) is 0 Å². The highest BCUT2D eigenvalue weighted by Gasteiger charge is 2.19. The Kier molecular flexibility index (Phi) is 5.92. The third kappa shape index (κ3) is 4.70. The molecule has 0 aliphatic rings. The van der Waals surface area contributed by atoms with Gasteiger partial charge in [-0.3, -0.25) is 4.79 Å². The van der Waals surface area contributed by atoms with Gasteiger partial charge in [-0.25, -0.2) is 0 Å². The van der Waals surface area contributed by atoms with E-state index in [-0.39, 0.29) is 5.92 Å². The van der Waals surface area contributed by atoms with Crippen molar-refractivity contribution in [3.8, 4) is 0 Å². The Morgan fingerprint density at radius 1 is 1.24 bits per heavy atom. The molecule has 0 aromatic heterocycles. The molecule has 1 aromatic carbocycles. The van der Waals surface area contributed by atoms with Crippen molar-refractivity contribution < 1.29 is 4.79 Å². The number of unbranched alkanes of at least 4 members (excludes halogenated alkanes) is 1. The molecule has 0 N–H and O–H groups in total. The smallest absolute Gasteiger partial charge is 0.154 e. The Balaban J connectivity index is 2.76. The van der Waals surface area contributed by atoms with E-state index in [1.165, 1.54) is 0 Å². The van der Waals surface area contributed by atoms with E-state index in [9.17, 15) is 4.79 Å². The van der Waals surface area contributed by atoms with Crippen LogP contribution in [0.5, 0.6) is 0 Å². The van der Waals surface area contributed by atoms with Gasteiger partial charge in [-0.15, -0.1) is 0 Å². The number of nitrogens with zero attached hydrogens (tertiary/aromatic N) is 1. The molecule has 2 heteroatoms. The van der Waals surface area contributed by atoms with Crippen LogP contribution in [0.3, 0.4) is 0 Å². The van der Waals surface area contributed by atoms with Gasteiger partial charge in [0, 0.05) is 5.92 Å². The van der Waals surface area contributed by atoms with Crippen LogP contribution >= 0.6 is 0 Å². The number of carbonyl (C=O) groups excluding carboxylic acids is 1. The average Bonchev–Trinajstić information content (AvgIpc) is 2.30. The lowest BCUT2D eigenvalue weighted by Gasteiger charge is -2.18. The van der Waals surface area contributed by atoms with Gasteiger partial charge >= 0.3 is 0 Å². The first-order chi connectivity index (χ1) is 8.15. The van der Waals surface area contributed by atoms with E-state index in [1.807, 2.05) is 37.2 Å². The van der Waals surface area contributed by atoms with Crippen molar-refractivity contribution in [2.75, 3.05) is 20.6 Å². The van der Waals surface area contributed by atoms with Crippen LogP contribution in [0.15, 0.2) is 30.3 Å². The molecule has 1 aromatic rings. The molecule has 94 valence electrons. The van der Waals surface area contributed by atoms with Crippen molar-refractivity contribution in [3.05, 3.63) is 35.9 Å². The summed E-state index contributed by atoms with van der Waals surface area (Å²) in [6.45, 7) is 2.70. The molecule has 1 rings (SSSR count). The fraction of sp³-hybridized carbons (Fsp3) is 0.533. The number of benzene rings is 1. The second-order valence-electron chi connectivity index (χ2n) is 4.81. The topological polar surface area (TPSA) is 20.3 Å². The Morgan fingerprint density at radius 3 is 2.41 bits per heavy atom. The number of Topliss-reactive ketones (excluding diaryl/α,β-unsaturated/α-hetero) is 1. The zero-order chi connectivity index (χ0) is 12.7. The summed E-state index contributed by atoms with van der Waals surface area (Å²) in [4.78, 5) is 14.2. The van der Waals surface area contributed by atoms with Crippen molar-refractivity contribution in [1.82, 2.24) is 4.90 Å². The minimum absolute atomic E-state index is 0.0681. The van der Waals surface area contributed by atoms with Crippen LogP contribution in [-0.2, 0) is 4.79 Å². The SMILES string of the molecule is CCCCC(C(=O)CN(C)C)c1ccccc1. The summed E-state index contributed by atoms with van der Waals surface area (Å²) >= 11 is 0. The van der Waals surface area contributed by atoms with Crippen LogP contribution < -0.4 is 0 Å². The van der Waals surface area contributed by atoms with Gasteiger partial charge in [-0.1, -0.05) is 50.1 Å². The number of likely N-dealkylation sites (N-methyl/N-ethyl adjacent to an activating group) is 1. The number of carbonyl (C=O) groups is 1. The van der Waals surface area contributed by atoms with E-state index >= 15 is 0 Å². The van der Waals surface area contributed by atoms with Gasteiger partial charge in [-0.2, -0.15) is 0 Å². The summed E-state index contributed by atoms with van der Waals surface area (Å²) < 4.78 is 0. The molecule has 0 aliphatic heterocycles. The van der Waals surface area contributed by atoms with Crippen LogP contribution in [0.2, 0.25) is 0 Å². The van der Waals surface area contributed by atoms with Crippen molar-refractivity contribution in [1.29, 1.82) is 0 Å². The molecule has 0 aliphatic carbocycles. The Morgan fingerprint density at radius 2 is 1.88 bits per heavy atom. The molecule has 0 saturated heterocycles. The molecular weight excluding hydrogens is 210 g/mol. The van der Waals surface area contributed by atoms with Gasteiger partial charge in [0.05, 0.1) is 6.54 Å². The molecule has 0 fully saturated rings. The van der Waals surface area contributed by atoms with Gasteiger partial charge in [0.1, 0.15) is 0 Å². The summed E-state index contributed by atoms with van der Waals surface area (Å²) in [5.41, 5.74) is 1.16. The third-order valence-electron chi connectivity index (χ3n) is 2.91. The number of hydrogen-bond acceptors (Lipinski definition) is 2. The first kappa shape index (κ1) is 13.9. The Bertz CT molecular complexity index is 332. The molecule has 1 atom stereocenters. The van der Waals surface area contributed by atoms with E-state index in [0.29, 0.717) is 12.3 Å². The molecule has 0 heterocycles. The average molecular weight is 233 g/mol. The van der Waals surface area contributed by atoms with Crippen molar-refractivity contribution in [2.45, 2.75) is 32.1 Å². The van der Waals surface area contributed by atoms with Crippen LogP contribution in [-0.4, -0.2) is 31.3 Å². The van der Waals surface area contributed by atoms with Gasteiger partial charge < -0.3 is 4.90 Å². The quantitative estimate of drug-likeness (QED) is 0.721. The predicted molar refractivity (Wildman–Crippen MR) is 72.3 cm³/mol. The van der Waals surface area contributed by atoms with E-state index in [1.54, 1.807) is 0 Å². The first-order valence-corrected chi connectivity index (χ1v) is 6.37. The second kappa shape index (κ2) is 7.23. The lowest BCUT2D eigenvalue weighted by Crippen LogP contribution is -2.26. The predicted octanol–water partition coefficient (Wildman–Crippen LogP) is 3.09. The van der Waals surface area contributed by atoms with Crippen molar-refractivity contribution in [3.63, 3.8) is 0 Å². The molecule has 0 saturated carbocycles.